The molecule has 3 aromatic rings. The predicted octanol–water partition coefficient (Wildman–Crippen LogP) is 5.85. The molecule has 1 fully saturated rings. The van der Waals surface area contributed by atoms with Gasteiger partial charge in [-0.05, 0) is 37.1 Å². The first-order valence-corrected chi connectivity index (χ1v) is 9.92. The molecule has 0 unspecified atom stereocenters. The van der Waals surface area contributed by atoms with Crippen LogP contribution in [0, 0.1) is 0 Å². The summed E-state index contributed by atoms with van der Waals surface area (Å²) in [5.41, 5.74) is 1.51. The van der Waals surface area contributed by atoms with Crippen molar-refractivity contribution in [1.29, 1.82) is 0 Å². The number of ether oxygens (including phenoxy) is 1. The number of aromatic hydroxyl groups is 1. The summed E-state index contributed by atoms with van der Waals surface area (Å²) in [5, 5.41) is 16.1. The SMILES string of the molecule is Oc1cccc(Nc2cc(-c3cccc(OC(F)(F)F)c3)nc(NC3CCCC3)n2)c1. The molecule has 1 aliphatic rings. The summed E-state index contributed by atoms with van der Waals surface area (Å²) in [6.07, 6.45) is -0.498. The van der Waals surface area contributed by atoms with Crippen LogP contribution in [0.15, 0.2) is 54.6 Å². The van der Waals surface area contributed by atoms with Crippen LogP contribution in [0.5, 0.6) is 11.5 Å². The molecule has 0 bridgehead atoms. The Morgan fingerprint density at radius 2 is 1.74 bits per heavy atom. The van der Waals surface area contributed by atoms with Crippen molar-refractivity contribution >= 4 is 17.5 Å². The number of nitrogens with zero attached hydrogens (tertiary/aromatic N) is 2. The monoisotopic (exact) mass is 430 g/mol. The average molecular weight is 430 g/mol. The smallest absolute Gasteiger partial charge is 0.508 e. The van der Waals surface area contributed by atoms with Crippen molar-refractivity contribution in [1.82, 2.24) is 9.97 Å². The molecule has 1 saturated carbocycles. The van der Waals surface area contributed by atoms with Crippen molar-refractivity contribution in [3.8, 4) is 22.8 Å². The number of anilines is 3. The van der Waals surface area contributed by atoms with Crippen LogP contribution in [-0.2, 0) is 0 Å². The lowest BCUT2D eigenvalue weighted by atomic mass is 10.1. The lowest BCUT2D eigenvalue weighted by Crippen LogP contribution is -2.17. The van der Waals surface area contributed by atoms with Gasteiger partial charge in [0.15, 0.2) is 0 Å². The number of alkyl halides is 3. The Labute approximate surface area is 177 Å². The fourth-order valence-corrected chi connectivity index (χ4v) is 3.56. The van der Waals surface area contributed by atoms with Crippen molar-refractivity contribution in [2.24, 2.45) is 0 Å². The highest BCUT2D eigenvalue weighted by molar-refractivity contribution is 5.68. The minimum atomic E-state index is -4.78. The van der Waals surface area contributed by atoms with E-state index in [2.05, 4.69) is 25.3 Å². The number of halogens is 3. The van der Waals surface area contributed by atoms with E-state index in [-0.39, 0.29) is 17.5 Å². The quantitative estimate of drug-likeness (QED) is 0.456. The van der Waals surface area contributed by atoms with Crippen molar-refractivity contribution in [3.05, 3.63) is 54.6 Å². The van der Waals surface area contributed by atoms with Crippen LogP contribution in [0.2, 0.25) is 0 Å². The molecule has 0 saturated heterocycles. The number of phenols is 1. The Morgan fingerprint density at radius 1 is 0.968 bits per heavy atom. The fourth-order valence-electron chi connectivity index (χ4n) is 3.56. The Bertz CT molecular complexity index is 1050. The highest BCUT2D eigenvalue weighted by atomic mass is 19.4. The first kappa shape index (κ1) is 20.8. The van der Waals surface area contributed by atoms with E-state index in [0.29, 0.717) is 28.7 Å². The number of phenolic OH excluding ortho intramolecular Hbond substituents is 1. The van der Waals surface area contributed by atoms with Crippen LogP contribution >= 0.6 is 0 Å². The van der Waals surface area contributed by atoms with E-state index in [4.69, 9.17) is 0 Å². The Balaban J connectivity index is 1.68. The molecule has 0 aliphatic heterocycles. The lowest BCUT2D eigenvalue weighted by molar-refractivity contribution is -0.274. The fraction of sp³-hybridized carbons (Fsp3) is 0.273. The van der Waals surface area contributed by atoms with Crippen LogP contribution in [0.25, 0.3) is 11.3 Å². The molecular weight excluding hydrogens is 409 g/mol. The van der Waals surface area contributed by atoms with E-state index in [1.165, 1.54) is 18.2 Å². The summed E-state index contributed by atoms with van der Waals surface area (Å²) in [4.78, 5) is 9.02. The number of hydrogen-bond donors (Lipinski definition) is 3. The van der Waals surface area contributed by atoms with Gasteiger partial charge in [0, 0.05) is 29.4 Å². The summed E-state index contributed by atoms with van der Waals surface area (Å²) in [6, 6.07) is 14.1. The van der Waals surface area contributed by atoms with Gasteiger partial charge in [-0.3, -0.25) is 0 Å². The summed E-state index contributed by atoms with van der Waals surface area (Å²) in [5.74, 6) is 0.601. The van der Waals surface area contributed by atoms with Crippen LogP contribution < -0.4 is 15.4 Å². The largest absolute Gasteiger partial charge is 0.573 e. The van der Waals surface area contributed by atoms with Gasteiger partial charge in [-0.15, -0.1) is 13.2 Å². The molecule has 9 heteroatoms. The maximum absolute atomic E-state index is 12.6. The summed E-state index contributed by atoms with van der Waals surface area (Å²) in [6.45, 7) is 0. The second-order valence-electron chi connectivity index (χ2n) is 7.34. The Hall–Kier alpha value is -3.49. The van der Waals surface area contributed by atoms with Crippen molar-refractivity contribution < 1.29 is 23.0 Å². The third-order valence-corrected chi connectivity index (χ3v) is 4.90. The van der Waals surface area contributed by atoms with E-state index in [0.717, 1.165) is 25.7 Å². The molecule has 1 aliphatic carbocycles. The number of aromatic nitrogens is 2. The van der Waals surface area contributed by atoms with Crippen molar-refractivity contribution in [2.45, 2.75) is 38.1 Å². The topological polar surface area (TPSA) is 79.3 Å². The van der Waals surface area contributed by atoms with Crippen LogP contribution in [0.3, 0.4) is 0 Å². The van der Waals surface area contributed by atoms with Gasteiger partial charge >= 0.3 is 6.36 Å². The lowest BCUT2D eigenvalue weighted by Gasteiger charge is -2.15. The standard InChI is InChI=1S/C22H21F3N4O2/c23-22(24,25)31-18-10-3-5-14(11-18)19-13-20(26-16-8-4-9-17(30)12-16)29-21(28-19)27-15-6-1-2-7-15/h3-5,8-13,15,30H,1-2,6-7H2,(H2,26,27,28,29). The Morgan fingerprint density at radius 3 is 2.48 bits per heavy atom. The Kier molecular flexibility index (Phi) is 5.83. The molecule has 4 rings (SSSR count). The maximum atomic E-state index is 12.6. The summed E-state index contributed by atoms with van der Waals surface area (Å²) in [7, 11) is 0. The van der Waals surface area contributed by atoms with Gasteiger partial charge in [0.05, 0.1) is 5.69 Å². The summed E-state index contributed by atoms with van der Waals surface area (Å²) < 4.78 is 41.9. The summed E-state index contributed by atoms with van der Waals surface area (Å²) >= 11 is 0. The van der Waals surface area contributed by atoms with Gasteiger partial charge in [0.25, 0.3) is 0 Å². The zero-order valence-corrected chi connectivity index (χ0v) is 16.5. The van der Waals surface area contributed by atoms with Crippen molar-refractivity contribution in [3.63, 3.8) is 0 Å². The van der Waals surface area contributed by atoms with E-state index < -0.39 is 6.36 Å². The van der Waals surface area contributed by atoms with Crippen molar-refractivity contribution in [2.75, 3.05) is 10.6 Å². The minimum absolute atomic E-state index is 0.0978. The van der Waals surface area contributed by atoms with Gasteiger partial charge in [-0.2, -0.15) is 4.98 Å². The molecule has 1 aromatic heterocycles. The van der Waals surface area contributed by atoms with Gasteiger partial charge in [-0.1, -0.05) is 31.0 Å². The van der Waals surface area contributed by atoms with E-state index in [1.54, 1.807) is 36.4 Å². The van der Waals surface area contributed by atoms with Gasteiger partial charge in [-0.25, -0.2) is 4.98 Å². The van der Waals surface area contributed by atoms with Crippen LogP contribution in [-0.4, -0.2) is 27.5 Å². The predicted molar refractivity (Wildman–Crippen MR) is 111 cm³/mol. The number of rotatable bonds is 6. The second kappa shape index (κ2) is 8.71. The molecule has 0 amide bonds. The van der Waals surface area contributed by atoms with E-state index >= 15 is 0 Å². The van der Waals surface area contributed by atoms with Gasteiger partial charge in [0.2, 0.25) is 5.95 Å². The van der Waals surface area contributed by atoms with E-state index in [9.17, 15) is 18.3 Å². The van der Waals surface area contributed by atoms with Crippen LogP contribution in [0.4, 0.5) is 30.6 Å². The maximum Gasteiger partial charge on any atom is 0.573 e. The molecule has 0 spiro atoms. The minimum Gasteiger partial charge on any atom is -0.508 e. The number of benzene rings is 2. The zero-order chi connectivity index (χ0) is 21.8. The number of nitrogens with one attached hydrogen (secondary N) is 2. The second-order valence-corrected chi connectivity index (χ2v) is 7.34. The average Bonchev–Trinajstić information content (AvgIpc) is 3.20. The molecule has 162 valence electrons. The van der Waals surface area contributed by atoms with Crippen LogP contribution in [0.1, 0.15) is 25.7 Å². The molecule has 0 atom stereocenters. The zero-order valence-electron chi connectivity index (χ0n) is 16.5. The first-order valence-electron chi connectivity index (χ1n) is 9.92. The molecule has 3 N–H and O–H groups in total. The third kappa shape index (κ3) is 5.78. The molecular formula is C22H21F3N4O2. The molecule has 0 radical (unpaired) electrons. The highest BCUT2D eigenvalue weighted by Gasteiger charge is 2.31. The van der Waals surface area contributed by atoms with E-state index in [1.807, 2.05) is 0 Å². The number of hydrogen-bond acceptors (Lipinski definition) is 6. The molecule has 31 heavy (non-hydrogen) atoms. The molecule has 2 aromatic carbocycles. The van der Waals surface area contributed by atoms with Gasteiger partial charge < -0.3 is 20.5 Å². The third-order valence-electron chi connectivity index (χ3n) is 4.90. The normalized spacial score (nSPS) is 14.4. The highest BCUT2D eigenvalue weighted by Crippen LogP contribution is 2.30. The first-order chi connectivity index (χ1) is 14.8. The molecule has 6 nitrogen and oxygen atoms in total. The molecule has 1 heterocycles. The van der Waals surface area contributed by atoms with Gasteiger partial charge in [0.1, 0.15) is 17.3 Å².